The Morgan fingerprint density at radius 2 is 1.77 bits per heavy atom. The smallest absolute Gasteiger partial charge is 0.248 e. The summed E-state index contributed by atoms with van der Waals surface area (Å²) >= 11 is 0. The molecule has 1 N–H and O–H groups in total. The van der Waals surface area contributed by atoms with Gasteiger partial charge in [0.05, 0.1) is 0 Å². The second kappa shape index (κ2) is 3.66. The van der Waals surface area contributed by atoms with E-state index in [-0.39, 0.29) is 12.5 Å². The van der Waals surface area contributed by atoms with Gasteiger partial charge < -0.3 is 10.0 Å². The summed E-state index contributed by atoms with van der Waals surface area (Å²) in [4.78, 5) is 13.1. The molecule has 0 aromatic carbocycles. The molecular formula is C10H17NO2. The normalized spacial score (nSPS) is 33.2. The van der Waals surface area contributed by atoms with Gasteiger partial charge >= 0.3 is 0 Å². The monoisotopic (exact) mass is 183 g/mol. The largest absolute Gasteiger partial charge is 0.387 e. The number of fused-ring (bicyclic) bond motifs is 1. The first-order chi connectivity index (χ1) is 6.31. The average Bonchev–Trinajstić information content (AvgIpc) is 2.59. The molecule has 3 nitrogen and oxygen atoms in total. The SMILES string of the molecule is O=C(CO)N1C[C@H]2CCCC[C@H]2C1. The van der Waals surface area contributed by atoms with Crippen molar-refractivity contribution in [2.75, 3.05) is 19.7 Å². The zero-order chi connectivity index (χ0) is 9.26. The number of aliphatic hydroxyl groups excluding tert-OH is 1. The van der Waals surface area contributed by atoms with E-state index in [9.17, 15) is 4.79 Å². The molecule has 0 bridgehead atoms. The van der Waals surface area contributed by atoms with Crippen molar-refractivity contribution in [2.45, 2.75) is 25.7 Å². The lowest BCUT2D eigenvalue weighted by Gasteiger charge is -2.22. The zero-order valence-electron chi connectivity index (χ0n) is 7.91. The number of hydrogen-bond donors (Lipinski definition) is 1. The second-order valence-corrected chi connectivity index (χ2v) is 4.26. The number of carbonyl (C=O) groups is 1. The highest BCUT2D eigenvalue weighted by Crippen LogP contribution is 2.35. The van der Waals surface area contributed by atoms with E-state index in [0.717, 1.165) is 24.9 Å². The molecule has 1 aliphatic heterocycles. The van der Waals surface area contributed by atoms with Crippen molar-refractivity contribution in [1.29, 1.82) is 0 Å². The molecule has 1 heterocycles. The minimum absolute atomic E-state index is 0.0885. The predicted molar refractivity (Wildman–Crippen MR) is 49.1 cm³/mol. The van der Waals surface area contributed by atoms with Crippen molar-refractivity contribution in [3.63, 3.8) is 0 Å². The summed E-state index contributed by atoms with van der Waals surface area (Å²) < 4.78 is 0. The molecule has 2 rings (SSSR count). The van der Waals surface area contributed by atoms with Crippen LogP contribution in [0.4, 0.5) is 0 Å². The fourth-order valence-electron chi connectivity index (χ4n) is 2.71. The van der Waals surface area contributed by atoms with Gasteiger partial charge in [0, 0.05) is 13.1 Å². The first kappa shape index (κ1) is 9.00. The van der Waals surface area contributed by atoms with Crippen molar-refractivity contribution in [3.8, 4) is 0 Å². The van der Waals surface area contributed by atoms with Crippen LogP contribution in [-0.4, -0.2) is 35.6 Å². The van der Waals surface area contributed by atoms with Crippen LogP contribution in [0.1, 0.15) is 25.7 Å². The summed E-state index contributed by atoms with van der Waals surface area (Å²) in [5, 5.41) is 8.74. The third kappa shape index (κ3) is 1.70. The molecule has 0 aromatic rings. The molecule has 1 aliphatic carbocycles. The molecule has 0 aromatic heterocycles. The number of nitrogens with zero attached hydrogens (tertiary/aromatic N) is 1. The first-order valence-corrected chi connectivity index (χ1v) is 5.20. The number of aliphatic hydroxyl groups is 1. The molecule has 74 valence electrons. The Labute approximate surface area is 78.7 Å². The van der Waals surface area contributed by atoms with Crippen molar-refractivity contribution in [3.05, 3.63) is 0 Å². The van der Waals surface area contributed by atoms with E-state index in [1.165, 1.54) is 25.7 Å². The Hall–Kier alpha value is -0.570. The summed E-state index contributed by atoms with van der Waals surface area (Å²) in [5.41, 5.74) is 0. The Kier molecular flexibility index (Phi) is 2.54. The van der Waals surface area contributed by atoms with E-state index in [0.29, 0.717) is 0 Å². The first-order valence-electron chi connectivity index (χ1n) is 5.20. The maximum Gasteiger partial charge on any atom is 0.248 e. The summed E-state index contributed by atoms with van der Waals surface area (Å²) in [5.74, 6) is 1.36. The highest BCUT2D eigenvalue weighted by molar-refractivity contribution is 5.77. The number of rotatable bonds is 1. The van der Waals surface area contributed by atoms with Crippen LogP contribution in [0.15, 0.2) is 0 Å². The number of carbonyl (C=O) groups excluding carboxylic acids is 1. The average molecular weight is 183 g/mol. The quantitative estimate of drug-likeness (QED) is 0.647. The van der Waals surface area contributed by atoms with E-state index in [1.54, 1.807) is 0 Å². The van der Waals surface area contributed by atoms with Crippen LogP contribution >= 0.6 is 0 Å². The van der Waals surface area contributed by atoms with Gasteiger partial charge in [0.15, 0.2) is 0 Å². The molecule has 1 saturated carbocycles. The molecule has 13 heavy (non-hydrogen) atoms. The standard InChI is InChI=1S/C10H17NO2/c12-7-10(13)11-5-8-3-1-2-4-9(8)6-11/h8-9,12H,1-7H2/t8-,9+. The van der Waals surface area contributed by atoms with Crippen LogP contribution < -0.4 is 0 Å². The number of likely N-dealkylation sites (tertiary alicyclic amines) is 1. The van der Waals surface area contributed by atoms with Crippen molar-refractivity contribution < 1.29 is 9.90 Å². The molecule has 2 atom stereocenters. The van der Waals surface area contributed by atoms with Gasteiger partial charge in [0.2, 0.25) is 5.91 Å². The predicted octanol–water partition coefficient (Wildman–Crippen LogP) is 0.627. The van der Waals surface area contributed by atoms with Gasteiger partial charge in [-0.15, -0.1) is 0 Å². The van der Waals surface area contributed by atoms with Crippen molar-refractivity contribution in [2.24, 2.45) is 11.8 Å². The van der Waals surface area contributed by atoms with Crippen LogP contribution in [0, 0.1) is 11.8 Å². The van der Waals surface area contributed by atoms with Gasteiger partial charge in [-0.05, 0) is 24.7 Å². The lowest BCUT2D eigenvalue weighted by Crippen LogP contribution is -2.31. The lowest BCUT2D eigenvalue weighted by atomic mass is 9.82. The Morgan fingerprint density at radius 1 is 1.23 bits per heavy atom. The van der Waals surface area contributed by atoms with Gasteiger partial charge in [-0.1, -0.05) is 12.8 Å². The molecule has 2 aliphatic rings. The fraction of sp³-hybridized carbons (Fsp3) is 0.900. The minimum Gasteiger partial charge on any atom is -0.387 e. The van der Waals surface area contributed by atoms with E-state index < -0.39 is 0 Å². The van der Waals surface area contributed by atoms with Gasteiger partial charge in [-0.3, -0.25) is 4.79 Å². The Balaban J connectivity index is 1.94. The molecule has 1 saturated heterocycles. The van der Waals surface area contributed by atoms with Gasteiger partial charge in [-0.25, -0.2) is 0 Å². The van der Waals surface area contributed by atoms with E-state index >= 15 is 0 Å². The fourth-order valence-corrected chi connectivity index (χ4v) is 2.71. The van der Waals surface area contributed by atoms with Crippen molar-refractivity contribution >= 4 is 5.91 Å². The number of hydrogen-bond acceptors (Lipinski definition) is 2. The topological polar surface area (TPSA) is 40.5 Å². The Morgan fingerprint density at radius 3 is 2.23 bits per heavy atom. The van der Waals surface area contributed by atoms with Crippen molar-refractivity contribution in [1.82, 2.24) is 4.90 Å². The Bertz CT molecular complexity index is 191. The van der Waals surface area contributed by atoms with Crippen LogP contribution in [0.25, 0.3) is 0 Å². The maximum atomic E-state index is 11.2. The second-order valence-electron chi connectivity index (χ2n) is 4.26. The molecule has 1 amide bonds. The van der Waals surface area contributed by atoms with E-state index in [1.807, 2.05) is 4.90 Å². The molecular weight excluding hydrogens is 166 g/mol. The van der Waals surface area contributed by atoms with Crippen LogP contribution in [0.2, 0.25) is 0 Å². The summed E-state index contributed by atoms with van der Waals surface area (Å²) in [6.07, 6.45) is 5.20. The van der Waals surface area contributed by atoms with Gasteiger partial charge in [0.1, 0.15) is 6.61 Å². The van der Waals surface area contributed by atoms with Gasteiger partial charge in [0.25, 0.3) is 0 Å². The molecule has 0 unspecified atom stereocenters. The minimum atomic E-state index is -0.320. The van der Waals surface area contributed by atoms with Crippen LogP contribution in [0.5, 0.6) is 0 Å². The molecule has 0 spiro atoms. The highest BCUT2D eigenvalue weighted by atomic mass is 16.3. The molecule has 3 heteroatoms. The lowest BCUT2D eigenvalue weighted by molar-refractivity contribution is -0.133. The highest BCUT2D eigenvalue weighted by Gasteiger charge is 2.35. The molecule has 2 fully saturated rings. The summed E-state index contributed by atoms with van der Waals surface area (Å²) in [6, 6.07) is 0. The summed E-state index contributed by atoms with van der Waals surface area (Å²) in [6.45, 7) is 1.47. The van der Waals surface area contributed by atoms with Crippen LogP contribution in [0.3, 0.4) is 0 Å². The van der Waals surface area contributed by atoms with Crippen LogP contribution in [-0.2, 0) is 4.79 Å². The van der Waals surface area contributed by atoms with E-state index in [4.69, 9.17) is 5.11 Å². The van der Waals surface area contributed by atoms with E-state index in [2.05, 4.69) is 0 Å². The third-order valence-corrected chi connectivity index (χ3v) is 3.46. The maximum absolute atomic E-state index is 11.2. The van der Waals surface area contributed by atoms with Gasteiger partial charge in [-0.2, -0.15) is 0 Å². The summed E-state index contributed by atoms with van der Waals surface area (Å²) in [7, 11) is 0. The number of amides is 1. The zero-order valence-corrected chi connectivity index (χ0v) is 7.91. The molecule has 0 radical (unpaired) electrons. The third-order valence-electron chi connectivity index (χ3n) is 3.46.